The van der Waals surface area contributed by atoms with Crippen LogP contribution in [0, 0.1) is 29.6 Å². The molecule has 1 unspecified atom stereocenters. The predicted molar refractivity (Wildman–Crippen MR) is 252 cm³/mol. The zero-order chi connectivity index (χ0) is 47.9. The first-order chi connectivity index (χ1) is 29.9. The highest BCUT2D eigenvalue weighted by Gasteiger charge is 2.56. The van der Waals surface area contributed by atoms with Gasteiger partial charge in [0.15, 0.2) is 20.7 Å². The Labute approximate surface area is 387 Å². The summed E-state index contributed by atoms with van der Waals surface area (Å²) in [6.07, 6.45) is 4.13. The number of fused-ring (bicyclic) bond motifs is 3. The number of rotatable bonds is 9. The van der Waals surface area contributed by atoms with E-state index in [0.717, 1.165) is 17.6 Å². The van der Waals surface area contributed by atoms with Crippen molar-refractivity contribution in [2.45, 2.75) is 217 Å². The Morgan fingerprint density at radius 2 is 1.56 bits per heavy atom. The summed E-state index contributed by atoms with van der Waals surface area (Å²) in [6.45, 7) is 25.3. The number of amides is 1. The average Bonchev–Trinajstić information content (AvgIpc) is 3.23. The molecule has 3 aliphatic heterocycles. The summed E-state index contributed by atoms with van der Waals surface area (Å²) in [5, 5.41) is 59.5. The SMILES string of the molecule is C=CC[C@@H]1/C=C(\C)C[C@H](C)C[C@H](OC)C2O[C@](O)([C@H](C)C[C@@H]2OC)[C@H](O)C(=O)N2CCCC[C@H]2[C@H](O)O[C@H](/C(C)=C/[C@@H]2CC[C@@H](O)[C@H](OC)C2)[C@H](C)[C@@H](O[Si](C)(C)C(C)(C)C)C[C@H]1O. The van der Waals surface area contributed by atoms with E-state index < -0.39 is 93.0 Å². The van der Waals surface area contributed by atoms with E-state index in [0.29, 0.717) is 64.2 Å². The van der Waals surface area contributed by atoms with Crippen LogP contribution in [0.15, 0.2) is 36.0 Å². The number of hydrogen-bond acceptors (Lipinski definition) is 12. The quantitative estimate of drug-likeness (QED) is 0.118. The van der Waals surface area contributed by atoms with Gasteiger partial charge in [-0.25, -0.2) is 0 Å². The van der Waals surface area contributed by atoms with Gasteiger partial charge >= 0.3 is 0 Å². The van der Waals surface area contributed by atoms with Crippen LogP contribution >= 0.6 is 0 Å². The molecule has 0 aromatic rings. The maximum atomic E-state index is 14.6. The normalized spacial score (nSPS) is 41.9. The first-order valence-corrected chi connectivity index (χ1v) is 27.1. The van der Waals surface area contributed by atoms with Gasteiger partial charge in [-0.2, -0.15) is 0 Å². The molecule has 13 nitrogen and oxygen atoms in total. The van der Waals surface area contributed by atoms with Gasteiger partial charge in [0.05, 0.1) is 48.8 Å². The van der Waals surface area contributed by atoms with Gasteiger partial charge in [0.2, 0.25) is 5.79 Å². The van der Waals surface area contributed by atoms with Crippen molar-refractivity contribution in [1.82, 2.24) is 4.90 Å². The van der Waals surface area contributed by atoms with E-state index in [-0.39, 0.29) is 35.4 Å². The number of ether oxygens (including phenoxy) is 5. The zero-order valence-corrected chi connectivity index (χ0v) is 42.7. The van der Waals surface area contributed by atoms with Crippen LogP contribution in [0.4, 0.5) is 0 Å². The van der Waals surface area contributed by atoms with Crippen LogP contribution in [0.1, 0.15) is 126 Å². The fourth-order valence-electron chi connectivity index (χ4n) is 10.6. The van der Waals surface area contributed by atoms with Crippen LogP contribution in [0.2, 0.25) is 18.1 Å². The van der Waals surface area contributed by atoms with Gasteiger partial charge in [0.25, 0.3) is 5.91 Å². The van der Waals surface area contributed by atoms with Crippen molar-refractivity contribution in [3.05, 3.63) is 36.0 Å². The van der Waals surface area contributed by atoms with Crippen LogP contribution < -0.4 is 0 Å². The van der Waals surface area contributed by atoms with E-state index in [4.69, 9.17) is 28.1 Å². The molecular formula is C50H89NO12Si. The maximum absolute atomic E-state index is 14.6. The second-order valence-corrected chi connectivity index (χ2v) is 26.4. The minimum Gasteiger partial charge on any atom is -0.413 e. The van der Waals surface area contributed by atoms with E-state index in [1.54, 1.807) is 28.3 Å². The lowest BCUT2D eigenvalue weighted by Gasteiger charge is -2.50. The molecule has 2 bridgehead atoms. The monoisotopic (exact) mass is 924 g/mol. The van der Waals surface area contributed by atoms with Crippen molar-refractivity contribution in [2.24, 2.45) is 29.6 Å². The molecule has 0 spiro atoms. The molecule has 64 heavy (non-hydrogen) atoms. The van der Waals surface area contributed by atoms with Crippen molar-refractivity contribution >= 4 is 14.2 Å². The summed E-state index contributed by atoms with van der Waals surface area (Å²) in [4.78, 5) is 16.1. The standard InChI is InChI=1S/C50H89NO12Si/c1-15-18-36-24-30(2)23-31(3)25-42(59-11)45-43(60-12)27-33(5)50(57,62-45)46(54)47(55)51-22-17-16-19-37(51)48(56)61-44(32(4)26-35-20-21-38(52)41(28-35)58-10)34(6)40(29-39(36)53)63-64(13,14)49(7,8)9/h15,24,26,31,33-46,48,52-54,56-57H,1,16-23,25,27-29H2,2-14H3/b30-24+,32-26+/t31-,33+,34+,35-,36+,37-,38+,39+,40-,41+,42-,43-,44+,45?,46+,48+,50+/m0/s1. The molecule has 0 aromatic carbocycles. The van der Waals surface area contributed by atoms with Crippen LogP contribution in [0.5, 0.6) is 0 Å². The Balaban J connectivity index is 1.89. The molecule has 370 valence electrons. The third-order valence-corrected chi connectivity index (χ3v) is 20.1. The Bertz CT molecular complexity index is 1550. The number of hydrogen-bond donors (Lipinski definition) is 5. The number of methoxy groups -OCH3 is 3. The van der Waals surface area contributed by atoms with E-state index in [1.807, 2.05) is 13.0 Å². The lowest BCUT2D eigenvalue weighted by molar-refractivity contribution is -0.347. The number of aliphatic hydroxyl groups is 5. The molecule has 5 N–H and O–H groups in total. The molecule has 2 saturated heterocycles. The molecule has 1 amide bonds. The molecule has 1 saturated carbocycles. The smallest absolute Gasteiger partial charge is 0.257 e. The van der Waals surface area contributed by atoms with Gasteiger partial charge < -0.3 is 58.5 Å². The molecule has 4 rings (SSSR count). The molecule has 17 atom stereocenters. The van der Waals surface area contributed by atoms with Gasteiger partial charge in [-0.15, -0.1) is 6.58 Å². The highest BCUT2D eigenvalue weighted by molar-refractivity contribution is 6.74. The van der Waals surface area contributed by atoms with Crippen LogP contribution in [0.3, 0.4) is 0 Å². The van der Waals surface area contributed by atoms with E-state index in [2.05, 4.69) is 73.4 Å². The van der Waals surface area contributed by atoms with Crippen molar-refractivity contribution in [3.8, 4) is 0 Å². The van der Waals surface area contributed by atoms with Crippen LogP contribution in [-0.2, 0) is 32.9 Å². The molecule has 0 aromatic heterocycles. The van der Waals surface area contributed by atoms with Gasteiger partial charge in [0.1, 0.15) is 6.10 Å². The summed E-state index contributed by atoms with van der Waals surface area (Å²) in [5.41, 5.74) is 1.96. The fourth-order valence-corrected chi connectivity index (χ4v) is 12.0. The number of allylic oxidation sites excluding steroid dienone is 3. The van der Waals surface area contributed by atoms with Crippen molar-refractivity contribution < 1.29 is 58.4 Å². The maximum Gasteiger partial charge on any atom is 0.257 e. The summed E-state index contributed by atoms with van der Waals surface area (Å²) in [6, 6.07) is -0.844. The summed E-state index contributed by atoms with van der Waals surface area (Å²) < 4.78 is 38.3. The van der Waals surface area contributed by atoms with E-state index in [9.17, 15) is 30.3 Å². The highest BCUT2D eigenvalue weighted by atomic mass is 28.4. The summed E-state index contributed by atoms with van der Waals surface area (Å²) >= 11 is 0. The van der Waals surface area contributed by atoms with Gasteiger partial charge in [-0.1, -0.05) is 65.3 Å². The largest absolute Gasteiger partial charge is 0.413 e. The number of carbonyl (C=O) groups excluding carboxylic acids is 1. The molecule has 1 aliphatic carbocycles. The van der Waals surface area contributed by atoms with Gasteiger partial charge in [-0.3, -0.25) is 4.79 Å². The lowest BCUT2D eigenvalue weighted by atomic mass is 9.81. The fraction of sp³-hybridized carbons (Fsp3) is 0.860. The Morgan fingerprint density at radius 1 is 0.922 bits per heavy atom. The van der Waals surface area contributed by atoms with Crippen molar-refractivity contribution in [2.75, 3.05) is 27.9 Å². The topological polar surface area (TPSA) is 177 Å². The summed E-state index contributed by atoms with van der Waals surface area (Å²) in [7, 11) is 2.32. The average molecular weight is 924 g/mol. The third kappa shape index (κ3) is 13.4. The van der Waals surface area contributed by atoms with Crippen molar-refractivity contribution in [1.29, 1.82) is 0 Å². The number of carbonyl (C=O) groups is 1. The number of aliphatic hydroxyl groups excluding tert-OH is 4. The van der Waals surface area contributed by atoms with E-state index >= 15 is 0 Å². The molecule has 3 fully saturated rings. The Morgan fingerprint density at radius 3 is 2.17 bits per heavy atom. The summed E-state index contributed by atoms with van der Waals surface area (Å²) in [5.74, 6) is -4.20. The Kier molecular flexibility index (Phi) is 20.4. The molecule has 14 heteroatoms. The first-order valence-electron chi connectivity index (χ1n) is 24.2. The van der Waals surface area contributed by atoms with Gasteiger partial charge in [-0.05, 0) is 120 Å². The second-order valence-electron chi connectivity index (χ2n) is 21.6. The predicted octanol–water partition coefficient (Wildman–Crippen LogP) is 7.04. The zero-order valence-electron chi connectivity index (χ0n) is 41.7. The molecular weight excluding hydrogens is 835 g/mol. The van der Waals surface area contributed by atoms with Gasteiger partial charge in [0, 0.05) is 45.6 Å². The minimum absolute atomic E-state index is 0.0737. The molecule has 4 aliphatic rings. The third-order valence-electron chi connectivity index (χ3n) is 15.6. The van der Waals surface area contributed by atoms with E-state index in [1.165, 1.54) is 4.90 Å². The number of nitrogens with zero attached hydrogens (tertiary/aromatic N) is 1. The molecule has 3 heterocycles. The lowest BCUT2D eigenvalue weighted by Crippen LogP contribution is -2.66. The highest BCUT2D eigenvalue weighted by Crippen LogP contribution is 2.43. The van der Waals surface area contributed by atoms with Crippen molar-refractivity contribution in [3.63, 3.8) is 0 Å². The first kappa shape index (κ1) is 55.1. The van der Waals surface area contributed by atoms with Crippen LogP contribution in [-0.4, -0.2) is 146 Å². The van der Waals surface area contributed by atoms with Crippen LogP contribution in [0.25, 0.3) is 0 Å². The second kappa shape index (κ2) is 23.7. The Hall–Kier alpha value is -1.53. The minimum atomic E-state index is -2.47. The number of piperidine rings is 1. The molecule has 0 radical (unpaired) electrons.